The summed E-state index contributed by atoms with van der Waals surface area (Å²) in [5.41, 5.74) is 0.332. The second kappa shape index (κ2) is 6.43. The molecule has 2 rings (SSSR count). The molecule has 108 valence electrons. The minimum absolute atomic E-state index is 0.118. The zero-order chi connectivity index (χ0) is 14.7. The van der Waals surface area contributed by atoms with Crippen LogP contribution in [0.15, 0.2) is 18.2 Å². The molecule has 20 heavy (non-hydrogen) atoms. The number of hydrogen-bond acceptors (Lipinski definition) is 4. The lowest BCUT2D eigenvalue weighted by molar-refractivity contribution is -0.151. The van der Waals surface area contributed by atoms with Crippen LogP contribution in [0.1, 0.15) is 10.4 Å². The fraction of sp³-hybridized carbons (Fsp3) is 0.385. The highest BCUT2D eigenvalue weighted by molar-refractivity contribution is 6.35. The Morgan fingerprint density at radius 1 is 1.30 bits per heavy atom. The van der Waals surface area contributed by atoms with E-state index in [9.17, 15) is 9.59 Å². The van der Waals surface area contributed by atoms with E-state index in [0.29, 0.717) is 28.8 Å². The number of benzene rings is 1. The Morgan fingerprint density at radius 3 is 2.55 bits per heavy atom. The molecule has 0 saturated carbocycles. The zero-order valence-electron chi connectivity index (χ0n) is 10.8. The average molecular weight is 318 g/mol. The number of amides is 1. The number of nitrogens with zero attached hydrogens (tertiary/aromatic N) is 1. The molecule has 1 fully saturated rings. The standard InChI is InChI=1S/C13H13Cl2NO4/c1-19-13(18)11-7-20-3-2-16(11)12(17)8-4-9(14)6-10(15)5-8/h4-6,11H,2-3,7H2,1H3. The summed E-state index contributed by atoms with van der Waals surface area (Å²) in [7, 11) is 1.27. The van der Waals surface area contributed by atoms with Crippen molar-refractivity contribution in [3.8, 4) is 0 Å². The van der Waals surface area contributed by atoms with Crippen LogP contribution in [0.5, 0.6) is 0 Å². The first-order valence-corrected chi connectivity index (χ1v) is 6.71. The highest BCUT2D eigenvalue weighted by atomic mass is 35.5. The number of carbonyl (C=O) groups is 2. The number of rotatable bonds is 2. The van der Waals surface area contributed by atoms with E-state index in [1.807, 2.05) is 0 Å². The normalized spacial score (nSPS) is 18.8. The van der Waals surface area contributed by atoms with Gasteiger partial charge in [0, 0.05) is 22.2 Å². The molecule has 0 aromatic heterocycles. The Hall–Kier alpha value is -1.30. The lowest BCUT2D eigenvalue weighted by atomic mass is 10.1. The number of halogens is 2. The van der Waals surface area contributed by atoms with Crippen molar-refractivity contribution >= 4 is 35.1 Å². The maximum atomic E-state index is 12.5. The summed E-state index contributed by atoms with van der Waals surface area (Å²) in [5.74, 6) is -0.834. The number of carbonyl (C=O) groups excluding carboxylic acids is 2. The lowest BCUT2D eigenvalue weighted by Gasteiger charge is -2.33. The van der Waals surface area contributed by atoms with E-state index in [1.165, 1.54) is 30.2 Å². The van der Waals surface area contributed by atoms with Gasteiger partial charge in [0.25, 0.3) is 5.91 Å². The van der Waals surface area contributed by atoms with E-state index >= 15 is 0 Å². The molecule has 1 aliphatic heterocycles. The molecule has 0 N–H and O–H groups in total. The van der Waals surface area contributed by atoms with Gasteiger partial charge in [0.2, 0.25) is 0 Å². The van der Waals surface area contributed by atoms with E-state index in [4.69, 9.17) is 27.9 Å². The summed E-state index contributed by atoms with van der Waals surface area (Å²) in [6.45, 7) is 0.795. The highest BCUT2D eigenvalue weighted by Gasteiger charge is 2.34. The molecule has 0 spiro atoms. The van der Waals surface area contributed by atoms with E-state index < -0.39 is 12.0 Å². The van der Waals surface area contributed by atoms with E-state index in [-0.39, 0.29) is 12.5 Å². The SMILES string of the molecule is COC(=O)C1COCCN1C(=O)c1cc(Cl)cc(Cl)c1. The fourth-order valence-electron chi connectivity index (χ4n) is 2.02. The monoisotopic (exact) mass is 317 g/mol. The van der Waals surface area contributed by atoms with Gasteiger partial charge in [0.1, 0.15) is 0 Å². The van der Waals surface area contributed by atoms with Gasteiger partial charge >= 0.3 is 5.97 Å². The van der Waals surface area contributed by atoms with Gasteiger partial charge in [-0.25, -0.2) is 4.79 Å². The summed E-state index contributed by atoms with van der Waals surface area (Å²) in [4.78, 5) is 25.6. The molecule has 1 unspecified atom stereocenters. The Labute approximate surface area is 126 Å². The Morgan fingerprint density at radius 2 is 1.95 bits per heavy atom. The van der Waals surface area contributed by atoms with Crippen LogP contribution in [-0.2, 0) is 14.3 Å². The predicted octanol–water partition coefficient (Wildman–Crippen LogP) is 2.01. The maximum Gasteiger partial charge on any atom is 0.331 e. The van der Waals surface area contributed by atoms with Gasteiger partial charge in [0.05, 0.1) is 20.3 Å². The number of hydrogen-bond donors (Lipinski definition) is 0. The number of morpholine rings is 1. The van der Waals surface area contributed by atoms with Crippen LogP contribution in [-0.4, -0.2) is 49.7 Å². The average Bonchev–Trinajstić information content (AvgIpc) is 2.44. The molecule has 1 aromatic carbocycles. The molecular formula is C13H13Cl2NO4. The summed E-state index contributed by atoms with van der Waals surface area (Å²) < 4.78 is 9.91. The molecule has 1 heterocycles. The third-order valence-electron chi connectivity index (χ3n) is 2.97. The van der Waals surface area contributed by atoms with Gasteiger partial charge in [0.15, 0.2) is 6.04 Å². The van der Waals surface area contributed by atoms with Gasteiger partial charge < -0.3 is 14.4 Å². The summed E-state index contributed by atoms with van der Waals surface area (Å²) in [5, 5.41) is 0.729. The molecule has 7 heteroatoms. The molecule has 1 amide bonds. The van der Waals surface area contributed by atoms with Crippen molar-refractivity contribution in [1.82, 2.24) is 4.90 Å². The van der Waals surface area contributed by atoms with Gasteiger partial charge in [-0.2, -0.15) is 0 Å². The van der Waals surface area contributed by atoms with Crippen LogP contribution in [0.4, 0.5) is 0 Å². The molecule has 1 saturated heterocycles. The third kappa shape index (κ3) is 3.23. The summed E-state index contributed by atoms with van der Waals surface area (Å²) in [6, 6.07) is 3.81. The minimum atomic E-state index is -0.751. The van der Waals surface area contributed by atoms with Crippen molar-refractivity contribution in [2.24, 2.45) is 0 Å². The van der Waals surface area contributed by atoms with Crippen molar-refractivity contribution in [2.45, 2.75) is 6.04 Å². The van der Waals surface area contributed by atoms with Crippen LogP contribution in [0.25, 0.3) is 0 Å². The molecule has 5 nitrogen and oxygen atoms in total. The van der Waals surface area contributed by atoms with Crippen LogP contribution in [0.2, 0.25) is 10.0 Å². The molecule has 1 aliphatic rings. The summed E-state index contributed by atoms with van der Waals surface area (Å²) >= 11 is 11.8. The van der Waals surface area contributed by atoms with Crippen molar-refractivity contribution in [3.63, 3.8) is 0 Å². The van der Waals surface area contributed by atoms with Gasteiger partial charge in [-0.15, -0.1) is 0 Å². The Kier molecular flexibility index (Phi) is 4.86. The van der Waals surface area contributed by atoms with E-state index in [2.05, 4.69) is 4.74 Å². The second-order valence-electron chi connectivity index (χ2n) is 4.27. The van der Waals surface area contributed by atoms with Crippen molar-refractivity contribution < 1.29 is 19.1 Å². The molecule has 0 radical (unpaired) electrons. The van der Waals surface area contributed by atoms with Crippen molar-refractivity contribution in [3.05, 3.63) is 33.8 Å². The second-order valence-corrected chi connectivity index (χ2v) is 5.14. The fourth-order valence-corrected chi connectivity index (χ4v) is 2.55. The van der Waals surface area contributed by atoms with Crippen molar-refractivity contribution in [1.29, 1.82) is 0 Å². The molecule has 0 bridgehead atoms. The third-order valence-corrected chi connectivity index (χ3v) is 3.41. The Bertz CT molecular complexity index is 515. The highest BCUT2D eigenvalue weighted by Crippen LogP contribution is 2.21. The first-order chi connectivity index (χ1) is 9.52. The topological polar surface area (TPSA) is 55.8 Å². The smallest absolute Gasteiger partial charge is 0.331 e. The summed E-state index contributed by atoms with van der Waals surface area (Å²) in [6.07, 6.45) is 0. The zero-order valence-corrected chi connectivity index (χ0v) is 12.3. The molecule has 1 aromatic rings. The molecule has 1 atom stereocenters. The number of ether oxygens (including phenoxy) is 2. The Balaban J connectivity index is 2.27. The van der Waals surface area contributed by atoms with Gasteiger partial charge in [-0.1, -0.05) is 23.2 Å². The van der Waals surface area contributed by atoms with Crippen molar-refractivity contribution in [2.75, 3.05) is 26.9 Å². The molecular weight excluding hydrogens is 305 g/mol. The predicted molar refractivity (Wildman–Crippen MR) is 74.1 cm³/mol. The van der Waals surface area contributed by atoms with Crippen LogP contribution >= 0.6 is 23.2 Å². The van der Waals surface area contributed by atoms with E-state index in [1.54, 1.807) is 0 Å². The maximum absolute atomic E-state index is 12.5. The largest absolute Gasteiger partial charge is 0.467 e. The lowest BCUT2D eigenvalue weighted by Crippen LogP contribution is -2.53. The van der Waals surface area contributed by atoms with Crippen LogP contribution in [0.3, 0.4) is 0 Å². The first kappa shape index (κ1) is 15.1. The molecule has 0 aliphatic carbocycles. The van der Waals surface area contributed by atoms with Crippen LogP contribution in [0, 0.1) is 0 Å². The first-order valence-electron chi connectivity index (χ1n) is 5.95. The number of methoxy groups -OCH3 is 1. The quantitative estimate of drug-likeness (QED) is 0.783. The van der Waals surface area contributed by atoms with Gasteiger partial charge in [-0.3, -0.25) is 4.79 Å². The van der Waals surface area contributed by atoms with Crippen LogP contribution < -0.4 is 0 Å². The van der Waals surface area contributed by atoms with Gasteiger partial charge in [-0.05, 0) is 18.2 Å². The van der Waals surface area contributed by atoms with E-state index in [0.717, 1.165) is 0 Å². The minimum Gasteiger partial charge on any atom is -0.467 e. The number of esters is 1.